The summed E-state index contributed by atoms with van der Waals surface area (Å²) >= 11 is 0. The quantitative estimate of drug-likeness (QED) is 0.739. The standard InChI is InChI=1S/C19H15F3N2O3/c1-19(2,3)16-13(22)7-10-15(25)11(18(26)27)8-24(17(10)23-16)14-5-4-9(20)6-12(14)21/h4-8H,1-3H3,(H,26,27). The van der Waals surface area contributed by atoms with Crippen LogP contribution in [0, 0.1) is 17.5 Å². The summed E-state index contributed by atoms with van der Waals surface area (Å²) in [6.45, 7) is 5.12. The van der Waals surface area contributed by atoms with Gasteiger partial charge in [-0.15, -0.1) is 0 Å². The Morgan fingerprint density at radius 3 is 2.33 bits per heavy atom. The Bertz CT molecular complexity index is 1150. The van der Waals surface area contributed by atoms with E-state index < -0.39 is 39.8 Å². The molecular weight excluding hydrogens is 361 g/mol. The fourth-order valence-corrected chi connectivity index (χ4v) is 2.76. The van der Waals surface area contributed by atoms with E-state index >= 15 is 0 Å². The number of aromatic nitrogens is 2. The van der Waals surface area contributed by atoms with Crippen LogP contribution in [0.1, 0.15) is 36.8 Å². The van der Waals surface area contributed by atoms with Crippen LogP contribution in [0.15, 0.2) is 35.3 Å². The van der Waals surface area contributed by atoms with Gasteiger partial charge in [0.25, 0.3) is 0 Å². The van der Waals surface area contributed by atoms with E-state index in [9.17, 15) is 27.9 Å². The lowest BCUT2D eigenvalue weighted by Gasteiger charge is -2.20. The molecule has 0 atom stereocenters. The number of hydrogen-bond donors (Lipinski definition) is 1. The second-order valence-electron chi connectivity index (χ2n) is 7.08. The van der Waals surface area contributed by atoms with Crippen molar-refractivity contribution in [2.75, 3.05) is 0 Å². The van der Waals surface area contributed by atoms with E-state index in [1.807, 2.05) is 0 Å². The largest absolute Gasteiger partial charge is 0.477 e. The molecule has 0 saturated heterocycles. The Labute approximate surface area is 151 Å². The maximum absolute atomic E-state index is 14.5. The van der Waals surface area contributed by atoms with Crippen molar-refractivity contribution in [3.63, 3.8) is 0 Å². The molecule has 3 rings (SSSR count). The molecule has 0 unspecified atom stereocenters. The molecule has 27 heavy (non-hydrogen) atoms. The molecule has 8 heteroatoms. The summed E-state index contributed by atoms with van der Waals surface area (Å²) < 4.78 is 43.1. The van der Waals surface area contributed by atoms with Crippen LogP contribution in [0.4, 0.5) is 13.2 Å². The van der Waals surface area contributed by atoms with Gasteiger partial charge >= 0.3 is 5.97 Å². The van der Waals surface area contributed by atoms with Crippen LogP contribution in [0.25, 0.3) is 16.7 Å². The molecule has 0 spiro atoms. The highest BCUT2D eigenvalue weighted by atomic mass is 19.1. The van der Waals surface area contributed by atoms with Crippen LogP contribution in [0.5, 0.6) is 0 Å². The summed E-state index contributed by atoms with van der Waals surface area (Å²) in [7, 11) is 0. The molecule has 3 aromatic rings. The highest BCUT2D eigenvalue weighted by molar-refractivity contribution is 5.92. The SMILES string of the molecule is CC(C)(C)c1nc2c(cc1F)c(=O)c(C(=O)O)cn2-c1ccc(F)cc1F. The van der Waals surface area contributed by atoms with Gasteiger partial charge in [-0.25, -0.2) is 22.9 Å². The van der Waals surface area contributed by atoms with E-state index in [-0.39, 0.29) is 22.4 Å². The first-order chi connectivity index (χ1) is 12.5. The first-order valence-corrected chi connectivity index (χ1v) is 7.96. The molecule has 2 aromatic heterocycles. The molecular formula is C19H15F3N2O3. The molecule has 0 bridgehead atoms. The van der Waals surface area contributed by atoms with Crippen molar-refractivity contribution in [2.24, 2.45) is 0 Å². The second kappa shape index (κ2) is 6.22. The van der Waals surface area contributed by atoms with Gasteiger partial charge in [-0.05, 0) is 18.2 Å². The lowest BCUT2D eigenvalue weighted by atomic mass is 9.91. The smallest absolute Gasteiger partial charge is 0.341 e. The van der Waals surface area contributed by atoms with E-state index in [0.29, 0.717) is 6.07 Å². The number of carboxylic acid groups (broad SMARTS) is 1. The van der Waals surface area contributed by atoms with Crippen molar-refractivity contribution in [2.45, 2.75) is 26.2 Å². The lowest BCUT2D eigenvalue weighted by molar-refractivity contribution is 0.0695. The van der Waals surface area contributed by atoms with E-state index in [4.69, 9.17) is 0 Å². The second-order valence-corrected chi connectivity index (χ2v) is 7.08. The van der Waals surface area contributed by atoms with Crippen LogP contribution < -0.4 is 5.43 Å². The van der Waals surface area contributed by atoms with E-state index in [2.05, 4.69) is 4.98 Å². The van der Waals surface area contributed by atoms with E-state index in [1.165, 1.54) is 0 Å². The van der Waals surface area contributed by atoms with E-state index in [0.717, 1.165) is 29.0 Å². The zero-order chi connectivity index (χ0) is 20.1. The maximum Gasteiger partial charge on any atom is 0.341 e. The zero-order valence-electron chi connectivity index (χ0n) is 14.7. The van der Waals surface area contributed by atoms with Gasteiger partial charge in [0.15, 0.2) is 0 Å². The molecule has 0 aliphatic carbocycles. The third-order valence-electron chi connectivity index (χ3n) is 4.04. The van der Waals surface area contributed by atoms with Crippen LogP contribution in [0.3, 0.4) is 0 Å². The number of nitrogens with zero attached hydrogens (tertiary/aromatic N) is 2. The molecule has 0 aliphatic rings. The Morgan fingerprint density at radius 1 is 1.11 bits per heavy atom. The van der Waals surface area contributed by atoms with Gasteiger partial charge in [0.1, 0.15) is 28.7 Å². The number of carbonyl (C=O) groups is 1. The van der Waals surface area contributed by atoms with Crippen molar-refractivity contribution in [1.29, 1.82) is 0 Å². The highest BCUT2D eigenvalue weighted by Crippen LogP contribution is 2.27. The third kappa shape index (κ3) is 3.18. The topological polar surface area (TPSA) is 72.2 Å². The average Bonchev–Trinajstić information content (AvgIpc) is 2.54. The Morgan fingerprint density at radius 2 is 1.78 bits per heavy atom. The minimum atomic E-state index is -1.56. The maximum atomic E-state index is 14.5. The average molecular weight is 376 g/mol. The first kappa shape index (κ1) is 18.6. The molecule has 0 amide bonds. The number of fused-ring (bicyclic) bond motifs is 1. The number of halogens is 3. The molecule has 140 valence electrons. The van der Waals surface area contributed by atoms with Crippen LogP contribution in [-0.4, -0.2) is 20.6 Å². The summed E-state index contributed by atoms with van der Waals surface area (Å²) in [5, 5.41) is 8.97. The third-order valence-corrected chi connectivity index (χ3v) is 4.04. The Balaban J connectivity index is 2.52. The minimum absolute atomic E-state index is 0.0220. The normalized spacial score (nSPS) is 11.8. The fourth-order valence-electron chi connectivity index (χ4n) is 2.76. The molecule has 1 aromatic carbocycles. The fraction of sp³-hybridized carbons (Fsp3) is 0.211. The first-order valence-electron chi connectivity index (χ1n) is 7.96. The Kier molecular flexibility index (Phi) is 4.29. The Hall–Kier alpha value is -3.16. The van der Waals surface area contributed by atoms with Gasteiger partial charge in [0.2, 0.25) is 5.43 Å². The predicted molar refractivity (Wildman–Crippen MR) is 92.9 cm³/mol. The number of aromatic carboxylic acids is 1. The van der Waals surface area contributed by atoms with Crippen molar-refractivity contribution in [3.05, 3.63) is 69.4 Å². The number of carboxylic acids is 1. The van der Waals surface area contributed by atoms with Gasteiger partial charge in [-0.3, -0.25) is 9.36 Å². The highest BCUT2D eigenvalue weighted by Gasteiger charge is 2.25. The summed E-state index contributed by atoms with van der Waals surface area (Å²) in [5.74, 6) is -4.14. The summed E-state index contributed by atoms with van der Waals surface area (Å²) in [6, 6.07) is 3.59. The monoisotopic (exact) mass is 376 g/mol. The van der Waals surface area contributed by atoms with Crippen molar-refractivity contribution in [1.82, 2.24) is 9.55 Å². The molecule has 0 saturated carbocycles. The van der Waals surface area contributed by atoms with Crippen molar-refractivity contribution >= 4 is 17.0 Å². The van der Waals surface area contributed by atoms with Crippen LogP contribution in [-0.2, 0) is 5.41 Å². The zero-order valence-corrected chi connectivity index (χ0v) is 14.7. The lowest BCUT2D eigenvalue weighted by Crippen LogP contribution is -2.22. The molecule has 0 fully saturated rings. The van der Waals surface area contributed by atoms with Crippen molar-refractivity contribution in [3.8, 4) is 5.69 Å². The van der Waals surface area contributed by atoms with Gasteiger partial charge in [-0.2, -0.15) is 0 Å². The number of rotatable bonds is 2. The van der Waals surface area contributed by atoms with Gasteiger partial charge < -0.3 is 5.11 Å². The molecule has 5 nitrogen and oxygen atoms in total. The van der Waals surface area contributed by atoms with Crippen LogP contribution >= 0.6 is 0 Å². The van der Waals surface area contributed by atoms with E-state index in [1.54, 1.807) is 20.8 Å². The minimum Gasteiger partial charge on any atom is -0.477 e. The van der Waals surface area contributed by atoms with Crippen molar-refractivity contribution < 1.29 is 23.1 Å². The number of benzene rings is 1. The number of hydrogen-bond acceptors (Lipinski definition) is 3. The van der Waals surface area contributed by atoms with Gasteiger partial charge in [0.05, 0.1) is 16.8 Å². The predicted octanol–water partition coefficient (Wildman–Crippen LogP) is 3.80. The summed E-state index contributed by atoms with van der Waals surface area (Å²) in [4.78, 5) is 28.1. The van der Waals surface area contributed by atoms with Gasteiger partial charge in [0, 0.05) is 17.7 Å². The van der Waals surface area contributed by atoms with Gasteiger partial charge in [-0.1, -0.05) is 20.8 Å². The molecule has 0 aliphatic heterocycles. The summed E-state index contributed by atoms with van der Waals surface area (Å²) in [5.41, 5.74) is -2.68. The molecule has 1 N–H and O–H groups in total. The molecule has 0 radical (unpaired) electrons. The summed E-state index contributed by atoms with van der Waals surface area (Å²) in [6.07, 6.45) is 0.903. The molecule has 2 heterocycles. The van der Waals surface area contributed by atoms with Crippen LogP contribution in [0.2, 0.25) is 0 Å². The number of pyridine rings is 2.